The number of phenols is 1. The molecular formula is C22H17F3O3. The van der Waals surface area contributed by atoms with Gasteiger partial charge >= 0.3 is 12.1 Å². The van der Waals surface area contributed by atoms with E-state index in [0.29, 0.717) is 22.3 Å². The molecule has 0 radical (unpaired) electrons. The Hall–Kier alpha value is -3.28. The zero-order valence-electron chi connectivity index (χ0n) is 15.0. The minimum absolute atomic E-state index is 0.0173. The summed E-state index contributed by atoms with van der Waals surface area (Å²) in [6, 6.07) is 16.5. The number of esters is 1. The molecule has 1 N–H and O–H groups in total. The van der Waals surface area contributed by atoms with Crippen molar-refractivity contribution in [3.63, 3.8) is 0 Å². The van der Waals surface area contributed by atoms with Crippen LogP contribution in [-0.4, -0.2) is 17.7 Å². The quantitative estimate of drug-likeness (QED) is 0.566. The van der Waals surface area contributed by atoms with Crippen molar-refractivity contribution in [1.29, 1.82) is 0 Å². The van der Waals surface area contributed by atoms with Crippen LogP contribution in [0.1, 0.15) is 22.8 Å². The number of rotatable bonds is 4. The van der Waals surface area contributed by atoms with E-state index in [2.05, 4.69) is 0 Å². The Kier molecular flexibility index (Phi) is 5.40. The van der Waals surface area contributed by atoms with Crippen LogP contribution >= 0.6 is 0 Å². The molecule has 0 bridgehead atoms. The van der Waals surface area contributed by atoms with E-state index >= 15 is 0 Å². The molecule has 0 saturated carbocycles. The van der Waals surface area contributed by atoms with Crippen LogP contribution in [0.15, 0.2) is 66.7 Å². The van der Waals surface area contributed by atoms with Crippen LogP contribution in [0.2, 0.25) is 0 Å². The Morgan fingerprint density at radius 1 is 0.929 bits per heavy atom. The first-order chi connectivity index (χ1) is 13.3. The van der Waals surface area contributed by atoms with Gasteiger partial charge in [-0.05, 0) is 47.9 Å². The first-order valence-electron chi connectivity index (χ1n) is 8.58. The van der Waals surface area contributed by atoms with E-state index in [-0.39, 0.29) is 17.9 Å². The fraction of sp³-hybridized carbons (Fsp3) is 0.136. The van der Waals surface area contributed by atoms with Crippen molar-refractivity contribution in [2.45, 2.75) is 13.1 Å². The van der Waals surface area contributed by atoms with E-state index in [1.54, 1.807) is 37.3 Å². The number of alkyl halides is 3. The fourth-order valence-corrected chi connectivity index (χ4v) is 2.91. The number of aromatic hydroxyl groups is 1. The van der Waals surface area contributed by atoms with Crippen molar-refractivity contribution >= 4 is 5.97 Å². The molecule has 3 nitrogen and oxygen atoms in total. The smallest absolute Gasteiger partial charge is 0.416 e. The lowest BCUT2D eigenvalue weighted by Gasteiger charge is -2.14. The highest BCUT2D eigenvalue weighted by molar-refractivity contribution is 6.01. The number of ether oxygens (including phenoxy) is 1. The van der Waals surface area contributed by atoms with Crippen LogP contribution in [0.3, 0.4) is 0 Å². The van der Waals surface area contributed by atoms with Gasteiger partial charge in [0.05, 0.1) is 12.2 Å². The molecule has 0 fully saturated rings. The summed E-state index contributed by atoms with van der Waals surface area (Å²) < 4.78 is 43.4. The normalized spacial score (nSPS) is 11.3. The summed E-state index contributed by atoms with van der Waals surface area (Å²) in [5.74, 6) is -0.965. The van der Waals surface area contributed by atoms with Gasteiger partial charge in [-0.3, -0.25) is 0 Å². The molecule has 0 atom stereocenters. The second kappa shape index (κ2) is 7.76. The van der Waals surface area contributed by atoms with Crippen molar-refractivity contribution in [3.8, 4) is 28.0 Å². The van der Waals surface area contributed by atoms with Crippen molar-refractivity contribution < 1.29 is 27.8 Å². The highest BCUT2D eigenvalue weighted by Gasteiger charge is 2.30. The van der Waals surface area contributed by atoms with Gasteiger partial charge in [-0.1, -0.05) is 42.5 Å². The molecule has 0 aliphatic carbocycles. The second-order valence-electron chi connectivity index (χ2n) is 6.08. The van der Waals surface area contributed by atoms with Gasteiger partial charge in [0, 0.05) is 5.56 Å². The topological polar surface area (TPSA) is 46.5 Å². The molecular weight excluding hydrogens is 369 g/mol. The number of carbonyl (C=O) groups excluding carboxylic acids is 1. The lowest BCUT2D eigenvalue weighted by molar-refractivity contribution is -0.137. The summed E-state index contributed by atoms with van der Waals surface area (Å²) in [4.78, 5) is 12.4. The van der Waals surface area contributed by atoms with Crippen molar-refractivity contribution in [3.05, 3.63) is 77.9 Å². The molecule has 3 aromatic rings. The van der Waals surface area contributed by atoms with E-state index in [4.69, 9.17) is 4.74 Å². The Morgan fingerprint density at radius 3 is 2.14 bits per heavy atom. The van der Waals surface area contributed by atoms with E-state index in [1.165, 1.54) is 18.2 Å². The van der Waals surface area contributed by atoms with E-state index in [0.717, 1.165) is 12.1 Å². The number of benzene rings is 3. The summed E-state index contributed by atoms with van der Waals surface area (Å²) in [5, 5.41) is 10.5. The molecule has 0 heterocycles. The number of carbonyl (C=O) groups is 1. The molecule has 0 spiro atoms. The summed E-state index contributed by atoms with van der Waals surface area (Å²) in [6.07, 6.45) is -4.43. The Labute approximate surface area is 160 Å². The number of hydrogen-bond donors (Lipinski definition) is 1. The SMILES string of the molecule is CCOC(=O)c1c(O)cc(-c2ccc(C(F)(F)F)cc2)cc1-c1ccccc1. The largest absolute Gasteiger partial charge is 0.507 e. The Balaban J connectivity index is 2.14. The molecule has 0 aliphatic heterocycles. The lowest BCUT2D eigenvalue weighted by Crippen LogP contribution is -2.07. The lowest BCUT2D eigenvalue weighted by atomic mass is 9.93. The summed E-state index contributed by atoms with van der Waals surface area (Å²) in [6.45, 7) is 1.81. The number of phenolic OH excluding ortho intramolecular Hbond substituents is 1. The van der Waals surface area contributed by atoms with E-state index in [1.807, 2.05) is 6.07 Å². The summed E-state index contributed by atoms with van der Waals surface area (Å²) in [5.41, 5.74) is 1.34. The first-order valence-corrected chi connectivity index (χ1v) is 8.58. The molecule has 144 valence electrons. The van der Waals surface area contributed by atoms with Gasteiger partial charge in [-0.25, -0.2) is 4.79 Å². The predicted octanol–water partition coefficient (Wildman–Crippen LogP) is 5.92. The molecule has 0 amide bonds. The monoisotopic (exact) mass is 386 g/mol. The van der Waals surface area contributed by atoms with Crippen LogP contribution < -0.4 is 0 Å². The van der Waals surface area contributed by atoms with Crippen LogP contribution in [0.5, 0.6) is 5.75 Å². The van der Waals surface area contributed by atoms with Crippen molar-refractivity contribution in [1.82, 2.24) is 0 Å². The molecule has 28 heavy (non-hydrogen) atoms. The second-order valence-corrected chi connectivity index (χ2v) is 6.08. The van der Waals surface area contributed by atoms with Crippen LogP contribution in [0.4, 0.5) is 13.2 Å². The molecule has 0 saturated heterocycles. The number of hydrogen-bond acceptors (Lipinski definition) is 3. The van der Waals surface area contributed by atoms with Gasteiger partial charge in [0.15, 0.2) is 0 Å². The molecule has 0 aromatic heterocycles. The van der Waals surface area contributed by atoms with Gasteiger partial charge in [0.2, 0.25) is 0 Å². The minimum Gasteiger partial charge on any atom is -0.507 e. The van der Waals surface area contributed by atoms with Gasteiger partial charge in [0.1, 0.15) is 11.3 Å². The molecule has 3 rings (SSSR count). The highest BCUT2D eigenvalue weighted by atomic mass is 19.4. The average Bonchev–Trinajstić information content (AvgIpc) is 2.67. The van der Waals surface area contributed by atoms with Gasteiger partial charge in [0.25, 0.3) is 0 Å². The van der Waals surface area contributed by atoms with E-state index < -0.39 is 17.7 Å². The maximum Gasteiger partial charge on any atom is 0.416 e. The highest BCUT2D eigenvalue weighted by Crippen LogP contribution is 2.37. The van der Waals surface area contributed by atoms with E-state index in [9.17, 15) is 23.1 Å². The van der Waals surface area contributed by atoms with Crippen LogP contribution in [0, 0.1) is 0 Å². The zero-order valence-corrected chi connectivity index (χ0v) is 15.0. The van der Waals surface area contributed by atoms with Crippen LogP contribution in [0.25, 0.3) is 22.3 Å². The minimum atomic E-state index is -4.43. The first kappa shape index (κ1) is 19.5. The fourth-order valence-electron chi connectivity index (χ4n) is 2.91. The zero-order chi connectivity index (χ0) is 20.3. The van der Waals surface area contributed by atoms with Gasteiger partial charge < -0.3 is 9.84 Å². The summed E-state index contributed by atoms with van der Waals surface area (Å²) >= 11 is 0. The maximum absolute atomic E-state index is 12.8. The molecule has 0 unspecified atom stereocenters. The Bertz CT molecular complexity index is 978. The molecule has 3 aromatic carbocycles. The van der Waals surface area contributed by atoms with Crippen molar-refractivity contribution in [2.24, 2.45) is 0 Å². The average molecular weight is 386 g/mol. The van der Waals surface area contributed by atoms with Gasteiger partial charge in [-0.2, -0.15) is 13.2 Å². The Morgan fingerprint density at radius 2 is 1.57 bits per heavy atom. The summed E-state index contributed by atoms with van der Waals surface area (Å²) in [7, 11) is 0. The standard InChI is InChI=1S/C22H17F3O3/c1-2-28-21(27)20-18(15-6-4-3-5-7-15)12-16(13-19(20)26)14-8-10-17(11-9-14)22(23,24)25/h3-13,26H,2H2,1H3. The third-order valence-corrected chi connectivity index (χ3v) is 4.23. The van der Waals surface area contributed by atoms with Crippen molar-refractivity contribution in [2.75, 3.05) is 6.61 Å². The third kappa shape index (κ3) is 4.01. The third-order valence-electron chi connectivity index (χ3n) is 4.23. The van der Waals surface area contributed by atoms with Crippen LogP contribution in [-0.2, 0) is 10.9 Å². The molecule has 6 heteroatoms. The maximum atomic E-state index is 12.8. The number of halogens is 3. The van der Waals surface area contributed by atoms with Gasteiger partial charge in [-0.15, -0.1) is 0 Å². The molecule has 0 aliphatic rings. The predicted molar refractivity (Wildman–Crippen MR) is 99.9 cm³/mol.